The number of hydrogen-bond acceptors (Lipinski definition) is 8. The Hall–Kier alpha value is -3.46. The van der Waals surface area contributed by atoms with Gasteiger partial charge in [-0.1, -0.05) is 6.92 Å². The van der Waals surface area contributed by atoms with Crippen LogP contribution in [0.15, 0.2) is 38.3 Å². The second-order valence-electron chi connectivity index (χ2n) is 8.40. The number of benzene rings is 1. The lowest BCUT2D eigenvalue weighted by Gasteiger charge is -2.17. The molecule has 1 aliphatic carbocycles. The monoisotopic (exact) mass is 466 g/mol. The summed E-state index contributed by atoms with van der Waals surface area (Å²) in [5.41, 5.74) is 1.65. The van der Waals surface area contributed by atoms with Crippen LogP contribution in [0, 0.1) is 12.8 Å². The highest BCUT2D eigenvalue weighted by Gasteiger charge is 2.23. The molecule has 0 fully saturated rings. The Morgan fingerprint density at radius 2 is 2.15 bits per heavy atom. The van der Waals surface area contributed by atoms with Crippen LogP contribution in [-0.2, 0) is 29.0 Å². The third-order valence-electron chi connectivity index (χ3n) is 5.86. The van der Waals surface area contributed by atoms with Gasteiger partial charge < -0.3 is 18.9 Å². The number of carbonyl (C=O) groups is 1. The zero-order chi connectivity index (χ0) is 23.1. The van der Waals surface area contributed by atoms with Crippen molar-refractivity contribution in [2.75, 3.05) is 6.61 Å². The Balaban J connectivity index is 1.24. The average Bonchev–Trinajstić information content (AvgIpc) is 3.13. The van der Waals surface area contributed by atoms with Crippen LogP contribution in [0.4, 0.5) is 0 Å². The van der Waals surface area contributed by atoms with Gasteiger partial charge >= 0.3 is 11.6 Å². The van der Waals surface area contributed by atoms with Crippen LogP contribution in [0.3, 0.4) is 0 Å². The summed E-state index contributed by atoms with van der Waals surface area (Å²) in [4.78, 5) is 45.5. The van der Waals surface area contributed by atoms with Gasteiger partial charge in [0.15, 0.2) is 6.61 Å². The average molecular weight is 467 g/mol. The van der Waals surface area contributed by atoms with Crippen molar-refractivity contribution in [1.29, 1.82) is 0 Å². The Labute approximate surface area is 192 Å². The maximum Gasteiger partial charge on any atom is 0.344 e. The molecule has 0 aliphatic heterocycles. The number of nitrogens with zero attached hydrogens (tertiary/aromatic N) is 1. The van der Waals surface area contributed by atoms with Gasteiger partial charge in [0.2, 0.25) is 0 Å². The first-order chi connectivity index (χ1) is 15.9. The summed E-state index contributed by atoms with van der Waals surface area (Å²) in [5, 5.41) is 1.46. The van der Waals surface area contributed by atoms with Crippen molar-refractivity contribution in [2.24, 2.45) is 5.92 Å². The first-order valence-electron chi connectivity index (χ1n) is 10.7. The molecule has 3 aromatic heterocycles. The SMILES string of the molecule is Cc1cc(=O)oc2cc(OCC(=O)OCc3nc4sc5c(c4c(=O)[nH]3)CC[C@@H](C)C5)ccc12. The molecule has 0 amide bonds. The van der Waals surface area contributed by atoms with E-state index >= 15 is 0 Å². The second-order valence-corrected chi connectivity index (χ2v) is 9.48. The number of thiophene rings is 1. The standard InChI is InChI=1S/C24H22N2O6S/c1-12-3-5-16-18(7-12)33-24-22(16)23(29)25-19(26-24)10-31-21(28)11-30-14-4-6-15-13(2)8-20(27)32-17(15)9-14/h4,6,8-9,12H,3,5,7,10-11H2,1-2H3,(H,25,26,29)/t12-/m1/s1. The van der Waals surface area contributed by atoms with E-state index in [1.165, 1.54) is 10.9 Å². The molecule has 1 N–H and O–H groups in total. The summed E-state index contributed by atoms with van der Waals surface area (Å²) < 4.78 is 15.9. The van der Waals surface area contributed by atoms with E-state index in [2.05, 4.69) is 16.9 Å². The van der Waals surface area contributed by atoms with Gasteiger partial charge in [0.1, 0.15) is 28.6 Å². The van der Waals surface area contributed by atoms with Crippen molar-refractivity contribution < 1.29 is 18.7 Å². The molecular weight excluding hydrogens is 444 g/mol. The second kappa shape index (κ2) is 8.47. The fourth-order valence-electron chi connectivity index (χ4n) is 4.19. The molecule has 9 heteroatoms. The molecule has 0 saturated carbocycles. The quantitative estimate of drug-likeness (QED) is 0.353. The van der Waals surface area contributed by atoms with Gasteiger partial charge in [0.05, 0.1) is 5.39 Å². The molecule has 33 heavy (non-hydrogen) atoms. The summed E-state index contributed by atoms with van der Waals surface area (Å²) in [7, 11) is 0. The minimum atomic E-state index is -0.608. The number of ether oxygens (including phenoxy) is 2. The van der Waals surface area contributed by atoms with Crippen LogP contribution in [0.5, 0.6) is 5.75 Å². The van der Waals surface area contributed by atoms with E-state index in [0.29, 0.717) is 33.3 Å². The molecule has 0 radical (unpaired) electrons. The smallest absolute Gasteiger partial charge is 0.344 e. The number of nitrogens with one attached hydrogen (secondary N) is 1. The molecule has 0 spiro atoms. The van der Waals surface area contributed by atoms with Crippen LogP contribution >= 0.6 is 11.3 Å². The number of aromatic amines is 1. The summed E-state index contributed by atoms with van der Waals surface area (Å²) in [6.07, 6.45) is 2.93. The van der Waals surface area contributed by atoms with Crippen molar-refractivity contribution in [1.82, 2.24) is 9.97 Å². The van der Waals surface area contributed by atoms with Crippen LogP contribution < -0.4 is 15.9 Å². The van der Waals surface area contributed by atoms with Gasteiger partial charge in [-0.2, -0.15) is 0 Å². The minimum absolute atomic E-state index is 0.155. The maximum absolute atomic E-state index is 12.6. The van der Waals surface area contributed by atoms with E-state index in [4.69, 9.17) is 13.9 Å². The lowest BCUT2D eigenvalue weighted by molar-refractivity contribution is -0.147. The van der Waals surface area contributed by atoms with Gasteiger partial charge in [-0.05, 0) is 55.4 Å². The van der Waals surface area contributed by atoms with Gasteiger partial charge in [-0.15, -0.1) is 11.3 Å². The van der Waals surface area contributed by atoms with Gasteiger partial charge in [-0.25, -0.2) is 14.6 Å². The highest BCUT2D eigenvalue weighted by atomic mass is 32.1. The molecule has 3 heterocycles. The summed E-state index contributed by atoms with van der Waals surface area (Å²) in [5.74, 6) is 0.672. The summed E-state index contributed by atoms with van der Waals surface area (Å²) in [6, 6.07) is 6.43. The van der Waals surface area contributed by atoms with Crippen molar-refractivity contribution in [3.63, 3.8) is 0 Å². The molecule has 0 bridgehead atoms. The number of carbonyl (C=O) groups excluding carboxylic acids is 1. The first kappa shape index (κ1) is 21.4. The molecule has 1 aliphatic rings. The van der Waals surface area contributed by atoms with Crippen molar-refractivity contribution >= 4 is 38.5 Å². The largest absolute Gasteiger partial charge is 0.482 e. The van der Waals surface area contributed by atoms with Gasteiger partial charge in [0.25, 0.3) is 5.56 Å². The number of H-pyrrole nitrogens is 1. The predicted octanol–water partition coefficient (Wildman–Crippen LogP) is 3.65. The number of rotatable bonds is 5. The van der Waals surface area contributed by atoms with Crippen LogP contribution in [0.25, 0.3) is 21.2 Å². The van der Waals surface area contributed by atoms with Crippen LogP contribution in [0.2, 0.25) is 0 Å². The minimum Gasteiger partial charge on any atom is -0.482 e. The molecule has 1 aromatic carbocycles. The van der Waals surface area contributed by atoms with E-state index < -0.39 is 11.6 Å². The zero-order valence-electron chi connectivity index (χ0n) is 18.2. The van der Waals surface area contributed by atoms with E-state index in [9.17, 15) is 14.4 Å². The Morgan fingerprint density at radius 1 is 1.30 bits per heavy atom. The number of fused-ring (bicyclic) bond motifs is 4. The van der Waals surface area contributed by atoms with Gasteiger partial charge in [0, 0.05) is 22.4 Å². The fourth-order valence-corrected chi connectivity index (χ4v) is 5.59. The first-order valence-corrected chi connectivity index (χ1v) is 11.6. The lowest BCUT2D eigenvalue weighted by atomic mass is 9.89. The van der Waals surface area contributed by atoms with Crippen LogP contribution in [0.1, 0.15) is 35.2 Å². The summed E-state index contributed by atoms with van der Waals surface area (Å²) >= 11 is 1.55. The number of aromatic nitrogens is 2. The molecule has 1 atom stereocenters. The molecule has 170 valence electrons. The fraction of sp³-hybridized carbons (Fsp3) is 0.333. The van der Waals surface area contributed by atoms with Crippen molar-refractivity contribution in [2.45, 2.75) is 39.7 Å². The molecule has 8 nitrogen and oxygen atoms in total. The Kier molecular flexibility index (Phi) is 5.49. The molecule has 4 aromatic rings. The normalized spacial score (nSPS) is 15.5. The molecule has 0 saturated heterocycles. The van der Waals surface area contributed by atoms with E-state index in [1.807, 2.05) is 6.92 Å². The Bertz CT molecular complexity index is 1500. The third-order valence-corrected chi connectivity index (χ3v) is 7.01. The number of esters is 1. The van der Waals surface area contributed by atoms with Crippen molar-refractivity contribution in [3.8, 4) is 5.75 Å². The van der Waals surface area contributed by atoms with Gasteiger partial charge in [-0.3, -0.25) is 4.79 Å². The van der Waals surface area contributed by atoms with E-state index in [0.717, 1.165) is 35.8 Å². The van der Waals surface area contributed by atoms with Crippen molar-refractivity contribution in [3.05, 3.63) is 66.9 Å². The third kappa shape index (κ3) is 4.28. The Morgan fingerprint density at radius 3 is 3.00 bits per heavy atom. The highest BCUT2D eigenvalue weighted by Crippen LogP contribution is 2.35. The zero-order valence-corrected chi connectivity index (χ0v) is 19.0. The number of hydrogen-bond donors (Lipinski definition) is 1. The summed E-state index contributed by atoms with van der Waals surface area (Å²) in [6.45, 7) is 3.54. The maximum atomic E-state index is 12.6. The van der Waals surface area contributed by atoms with E-state index in [1.54, 1.807) is 29.5 Å². The predicted molar refractivity (Wildman–Crippen MR) is 124 cm³/mol. The topological polar surface area (TPSA) is 111 Å². The number of aryl methyl sites for hydroxylation is 2. The molecular formula is C24H22N2O6S. The molecule has 5 rings (SSSR count). The lowest BCUT2D eigenvalue weighted by Crippen LogP contribution is -2.18. The van der Waals surface area contributed by atoms with Crippen LogP contribution in [-0.4, -0.2) is 22.5 Å². The molecule has 0 unspecified atom stereocenters. The highest BCUT2D eigenvalue weighted by molar-refractivity contribution is 7.18. The van der Waals surface area contributed by atoms with E-state index in [-0.39, 0.29) is 18.8 Å².